The monoisotopic (exact) mass is 409 g/mol. The van der Waals surface area contributed by atoms with E-state index in [9.17, 15) is 14.4 Å². The van der Waals surface area contributed by atoms with Crippen molar-refractivity contribution >= 4 is 34.2 Å². The van der Waals surface area contributed by atoms with E-state index in [1.165, 1.54) is 17.9 Å². The molecule has 152 valence electrons. The van der Waals surface area contributed by atoms with Crippen molar-refractivity contribution in [3.05, 3.63) is 34.0 Å². The number of rotatable bonds is 9. The lowest BCUT2D eigenvalue weighted by Gasteiger charge is -2.07. The number of aromatic nitrogens is 2. The minimum atomic E-state index is -0.605. The number of esters is 2. The topological polar surface area (TPSA) is 109 Å². The zero-order valence-electron chi connectivity index (χ0n) is 16.2. The highest BCUT2D eigenvalue weighted by Crippen LogP contribution is 2.34. The SMILES string of the molecule is CCCOC(=O)c1c(NC(=O)c2ccn(COC)n2)sc(C(=O)OCC)c1C. The molecule has 1 amide bonds. The van der Waals surface area contributed by atoms with Crippen LogP contribution in [-0.4, -0.2) is 47.9 Å². The van der Waals surface area contributed by atoms with Crippen molar-refractivity contribution in [3.63, 3.8) is 0 Å². The van der Waals surface area contributed by atoms with E-state index in [2.05, 4.69) is 10.4 Å². The highest BCUT2D eigenvalue weighted by Gasteiger charge is 2.28. The minimum Gasteiger partial charge on any atom is -0.462 e. The Kier molecular flexibility index (Phi) is 7.70. The Morgan fingerprint density at radius 2 is 1.96 bits per heavy atom. The molecule has 0 aliphatic heterocycles. The molecule has 0 atom stereocenters. The minimum absolute atomic E-state index is 0.145. The van der Waals surface area contributed by atoms with Gasteiger partial charge in [0, 0.05) is 13.3 Å². The first-order valence-electron chi connectivity index (χ1n) is 8.74. The number of carbonyl (C=O) groups excluding carboxylic acids is 3. The molecule has 0 radical (unpaired) electrons. The van der Waals surface area contributed by atoms with Crippen molar-refractivity contribution in [3.8, 4) is 0 Å². The van der Waals surface area contributed by atoms with Crippen molar-refractivity contribution in [2.45, 2.75) is 33.9 Å². The Balaban J connectivity index is 2.34. The van der Waals surface area contributed by atoms with Crippen molar-refractivity contribution in [2.75, 3.05) is 25.6 Å². The Bertz CT molecular complexity index is 858. The molecule has 0 spiro atoms. The van der Waals surface area contributed by atoms with Gasteiger partial charge in [0.05, 0.1) is 18.8 Å². The summed E-state index contributed by atoms with van der Waals surface area (Å²) in [6.45, 7) is 5.82. The van der Waals surface area contributed by atoms with Gasteiger partial charge in [-0.2, -0.15) is 5.10 Å². The number of nitrogens with zero attached hydrogens (tertiary/aromatic N) is 2. The van der Waals surface area contributed by atoms with Gasteiger partial charge in [-0.25, -0.2) is 14.3 Å². The molecule has 10 heteroatoms. The fourth-order valence-electron chi connectivity index (χ4n) is 2.36. The highest BCUT2D eigenvalue weighted by molar-refractivity contribution is 7.18. The smallest absolute Gasteiger partial charge is 0.348 e. The fourth-order valence-corrected chi connectivity index (χ4v) is 3.44. The Labute approximate surface area is 166 Å². The number of hydrogen-bond donors (Lipinski definition) is 1. The van der Waals surface area contributed by atoms with Gasteiger partial charge in [-0.3, -0.25) is 4.79 Å². The van der Waals surface area contributed by atoms with Gasteiger partial charge < -0.3 is 19.5 Å². The average molecular weight is 409 g/mol. The predicted octanol–water partition coefficient (Wildman–Crippen LogP) is 2.85. The number of thiophene rings is 1. The molecule has 0 fully saturated rings. The number of carbonyl (C=O) groups is 3. The highest BCUT2D eigenvalue weighted by atomic mass is 32.1. The summed E-state index contributed by atoms with van der Waals surface area (Å²) in [6.07, 6.45) is 2.25. The van der Waals surface area contributed by atoms with E-state index >= 15 is 0 Å². The maximum absolute atomic E-state index is 12.5. The zero-order valence-corrected chi connectivity index (χ0v) is 17.1. The van der Waals surface area contributed by atoms with Crippen molar-refractivity contribution < 1.29 is 28.6 Å². The molecule has 1 N–H and O–H groups in total. The molecule has 0 aromatic carbocycles. The number of ether oxygens (including phenoxy) is 3. The van der Waals surface area contributed by atoms with Crippen LogP contribution in [0.3, 0.4) is 0 Å². The van der Waals surface area contributed by atoms with Crippen LogP contribution in [0.2, 0.25) is 0 Å². The molecule has 2 aromatic rings. The second-order valence-corrected chi connectivity index (χ2v) is 6.75. The van der Waals surface area contributed by atoms with Gasteiger partial charge in [0.15, 0.2) is 5.69 Å². The fraction of sp³-hybridized carbons (Fsp3) is 0.444. The summed E-state index contributed by atoms with van der Waals surface area (Å²) in [5, 5.41) is 6.96. The Hall–Kier alpha value is -2.72. The summed E-state index contributed by atoms with van der Waals surface area (Å²) < 4.78 is 16.6. The third-order valence-corrected chi connectivity index (χ3v) is 4.80. The summed E-state index contributed by atoms with van der Waals surface area (Å²) in [4.78, 5) is 37.5. The molecule has 2 aromatic heterocycles. The molecule has 0 bridgehead atoms. The van der Waals surface area contributed by atoms with Crippen LogP contribution in [0, 0.1) is 6.92 Å². The first-order chi connectivity index (χ1) is 13.4. The second-order valence-electron chi connectivity index (χ2n) is 5.73. The lowest BCUT2D eigenvalue weighted by atomic mass is 10.1. The first-order valence-corrected chi connectivity index (χ1v) is 9.55. The van der Waals surface area contributed by atoms with Gasteiger partial charge in [-0.1, -0.05) is 6.92 Å². The molecule has 9 nitrogen and oxygen atoms in total. The van der Waals surface area contributed by atoms with Crippen LogP contribution in [0.4, 0.5) is 5.00 Å². The quantitative estimate of drug-likeness (QED) is 0.634. The number of amides is 1. The molecule has 2 rings (SSSR count). The van der Waals surface area contributed by atoms with Gasteiger partial charge >= 0.3 is 11.9 Å². The molecular weight excluding hydrogens is 386 g/mol. The third kappa shape index (κ3) is 4.96. The normalized spacial score (nSPS) is 10.6. The standard InChI is InChI=1S/C18H23N3O6S/c1-5-9-27-17(23)13-11(3)14(18(24)26-6-2)28-16(13)19-15(22)12-7-8-21(20-12)10-25-4/h7-8H,5-6,9-10H2,1-4H3,(H,19,22). The van der Waals surface area contributed by atoms with Crippen LogP contribution in [0.5, 0.6) is 0 Å². The predicted molar refractivity (Wildman–Crippen MR) is 103 cm³/mol. The van der Waals surface area contributed by atoms with Crippen LogP contribution >= 0.6 is 11.3 Å². The van der Waals surface area contributed by atoms with Crippen molar-refractivity contribution in [1.29, 1.82) is 0 Å². The summed E-state index contributed by atoms with van der Waals surface area (Å²) >= 11 is 0.969. The second kappa shape index (κ2) is 10.00. The number of anilines is 1. The van der Waals surface area contributed by atoms with E-state index in [4.69, 9.17) is 14.2 Å². The molecule has 0 unspecified atom stereocenters. The summed E-state index contributed by atoms with van der Waals surface area (Å²) in [5.74, 6) is -1.68. The van der Waals surface area contributed by atoms with Crippen molar-refractivity contribution in [2.24, 2.45) is 0 Å². The van der Waals surface area contributed by atoms with Crippen LogP contribution in [0.25, 0.3) is 0 Å². The molecule has 0 saturated carbocycles. The van der Waals surface area contributed by atoms with E-state index < -0.39 is 17.8 Å². The van der Waals surface area contributed by atoms with E-state index in [0.717, 1.165) is 11.3 Å². The van der Waals surface area contributed by atoms with Gasteiger partial charge in [0.1, 0.15) is 16.6 Å². The first kappa shape index (κ1) is 21.6. The van der Waals surface area contributed by atoms with Gasteiger partial charge in [0.25, 0.3) is 5.91 Å². The number of hydrogen-bond acceptors (Lipinski definition) is 8. The van der Waals surface area contributed by atoms with Gasteiger partial charge in [0.2, 0.25) is 0 Å². The molecule has 28 heavy (non-hydrogen) atoms. The van der Waals surface area contributed by atoms with Crippen molar-refractivity contribution in [1.82, 2.24) is 9.78 Å². The maximum atomic E-state index is 12.5. The lowest BCUT2D eigenvalue weighted by molar-refractivity contribution is 0.0506. The van der Waals surface area contributed by atoms with Gasteiger partial charge in [-0.15, -0.1) is 11.3 Å². The summed E-state index contributed by atoms with van der Waals surface area (Å²) in [7, 11) is 1.51. The molecule has 2 heterocycles. The Morgan fingerprint density at radius 1 is 1.21 bits per heavy atom. The van der Waals surface area contributed by atoms with E-state index in [-0.39, 0.29) is 41.1 Å². The molecular formula is C18H23N3O6S. The molecule has 0 aliphatic carbocycles. The maximum Gasteiger partial charge on any atom is 0.348 e. The average Bonchev–Trinajstić information content (AvgIpc) is 3.25. The summed E-state index contributed by atoms with van der Waals surface area (Å²) in [6, 6.07) is 1.52. The number of nitrogens with one attached hydrogen (secondary N) is 1. The molecule has 0 saturated heterocycles. The molecule has 0 aliphatic rings. The van der Waals surface area contributed by atoms with Gasteiger partial charge in [-0.05, 0) is 31.9 Å². The Morgan fingerprint density at radius 3 is 2.61 bits per heavy atom. The number of methoxy groups -OCH3 is 1. The van der Waals surface area contributed by atoms with Crippen LogP contribution in [0.1, 0.15) is 56.3 Å². The zero-order chi connectivity index (χ0) is 20.7. The largest absolute Gasteiger partial charge is 0.462 e. The lowest BCUT2D eigenvalue weighted by Crippen LogP contribution is -2.16. The third-order valence-electron chi connectivity index (χ3n) is 3.61. The van der Waals surface area contributed by atoms with Crippen LogP contribution < -0.4 is 5.32 Å². The summed E-state index contributed by atoms with van der Waals surface area (Å²) in [5.41, 5.74) is 0.699. The van der Waals surface area contributed by atoms with Crippen LogP contribution in [0.15, 0.2) is 12.3 Å². The van der Waals surface area contributed by atoms with E-state index in [0.29, 0.717) is 12.0 Å². The van der Waals surface area contributed by atoms with Crippen LogP contribution in [-0.2, 0) is 20.9 Å². The van der Waals surface area contributed by atoms with E-state index in [1.54, 1.807) is 20.0 Å². The van der Waals surface area contributed by atoms with E-state index in [1.807, 2.05) is 6.92 Å².